The number of hydrogen-bond donors (Lipinski definition) is 2. The number of phenolic OH excluding ortho intramolecular Hbond substituents is 1. The average Bonchev–Trinajstić information content (AvgIpc) is 2.72. The first kappa shape index (κ1) is 20.2. The topological polar surface area (TPSA) is 75.6 Å². The molecule has 0 radical (unpaired) electrons. The van der Waals surface area contributed by atoms with Crippen LogP contribution in [0.3, 0.4) is 0 Å². The van der Waals surface area contributed by atoms with Crippen LogP contribution in [0.2, 0.25) is 5.02 Å². The van der Waals surface area contributed by atoms with Crippen LogP contribution in [0.4, 0.5) is 0 Å². The molecule has 2 aliphatic rings. The number of carbonyl (C=O) groups excluding carboxylic acids is 2. The molecule has 154 valence electrons. The number of ether oxygens (including phenoxy) is 1. The highest BCUT2D eigenvalue weighted by Gasteiger charge is 2.41. The van der Waals surface area contributed by atoms with E-state index in [-0.39, 0.29) is 17.5 Å². The molecule has 2 atom stereocenters. The Morgan fingerprint density at radius 1 is 1.13 bits per heavy atom. The van der Waals surface area contributed by atoms with E-state index >= 15 is 0 Å². The van der Waals surface area contributed by atoms with Gasteiger partial charge in [-0.25, -0.2) is 4.79 Å². The Morgan fingerprint density at radius 3 is 2.53 bits per heavy atom. The molecule has 1 aliphatic heterocycles. The normalized spacial score (nSPS) is 21.2. The van der Waals surface area contributed by atoms with Crippen molar-refractivity contribution in [3.05, 3.63) is 87.2 Å². The maximum atomic E-state index is 13.3. The first-order valence-corrected chi connectivity index (χ1v) is 10.1. The van der Waals surface area contributed by atoms with Gasteiger partial charge >= 0.3 is 5.97 Å². The third-order valence-corrected chi connectivity index (χ3v) is 6.03. The van der Waals surface area contributed by atoms with Crippen LogP contribution in [0.1, 0.15) is 42.7 Å². The van der Waals surface area contributed by atoms with Crippen molar-refractivity contribution in [3.63, 3.8) is 0 Å². The quantitative estimate of drug-likeness (QED) is 0.707. The van der Waals surface area contributed by atoms with Crippen LogP contribution < -0.4 is 5.32 Å². The Kier molecular flexibility index (Phi) is 5.39. The summed E-state index contributed by atoms with van der Waals surface area (Å²) in [6, 6.07) is 14.2. The van der Waals surface area contributed by atoms with Crippen molar-refractivity contribution in [2.75, 3.05) is 7.11 Å². The fourth-order valence-electron chi connectivity index (χ4n) is 4.43. The molecule has 30 heavy (non-hydrogen) atoms. The largest absolute Gasteiger partial charge is 0.508 e. The monoisotopic (exact) mass is 423 g/mol. The Morgan fingerprint density at radius 2 is 1.87 bits per heavy atom. The number of Topliss-reactive ketones (excluding diaryl/α,β-unsaturated/α-hetero) is 1. The van der Waals surface area contributed by atoms with E-state index in [2.05, 4.69) is 5.32 Å². The van der Waals surface area contributed by atoms with E-state index in [4.69, 9.17) is 16.3 Å². The molecule has 0 unspecified atom stereocenters. The SMILES string of the molecule is COC(=O)C1=C(C)NC2=C(C(=O)C[C@@H](c3ccc(Cl)cc3)C2)[C@H]1c1cccc(O)c1. The van der Waals surface area contributed by atoms with Gasteiger partial charge < -0.3 is 15.2 Å². The van der Waals surface area contributed by atoms with Crippen LogP contribution in [0.15, 0.2) is 71.1 Å². The van der Waals surface area contributed by atoms with Gasteiger partial charge in [-0.2, -0.15) is 0 Å². The number of hydrogen-bond acceptors (Lipinski definition) is 5. The Hall–Kier alpha value is -3.05. The molecule has 0 amide bonds. The number of benzene rings is 2. The summed E-state index contributed by atoms with van der Waals surface area (Å²) >= 11 is 6.01. The van der Waals surface area contributed by atoms with Crippen LogP contribution in [0, 0.1) is 0 Å². The zero-order chi connectivity index (χ0) is 21.4. The number of methoxy groups -OCH3 is 1. The molecular weight excluding hydrogens is 402 g/mol. The number of carbonyl (C=O) groups is 2. The van der Waals surface area contributed by atoms with Gasteiger partial charge in [-0.15, -0.1) is 0 Å². The maximum absolute atomic E-state index is 13.3. The molecule has 4 rings (SSSR count). The summed E-state index contributed by atoms with van der Waals surface area (Å²) < 4.78 is 5.01. The molecule has 0 saturated carbocycles. The lowest BCUT2D eigenvalue weighted by Crippen LogP contribution is -2.36. The number of halogens is 1. The van der Waals surface area contributed by atoms with E-state index in [9.17, 15) is 14.7 Å². The highest BCUT2D eigenvalue weighted by atomic mass is 35.5. The number of aromatic hydroxyl groups is 1. The standard InChI is InChI=1S/C24H22ClNO4/c1-13-21(24(29)30-2)22(15-4-3-5-18(27)10-15)23-19(26-13)11-16(12-20(23)28)14-6-8-17(25)9-7-14/h3-10,16,22,26-27H,11-12H2,1-2H3/t16-,22-/m0/s1. The average molecular weight is 424 g/mol. The third-order valence-electron chi connectivity index (χ3n) is 5.78. The van der Waals surface area contributed by atoms with Gasteiger partial charge in [-0.1, -0.05) is 35.9 Å². The van der Waals surface area contributed by atoms with E-state index < -0.39 is 11.9 Å². The predicted octanol–water partition coefficient (Wildman–Crippen LogP) is 4.58. The van der Waals surface area contributed by atoms with Gasteiger partial charge in [0.2, 0.25) is 0 Å². The number of esters is 1. The second-order valence-electron chi connectivity index (χ2n) is 7.66. The highest BCUT2D eigenvalue weighted by molar-refractivity contribution is 6.30. The van der Waals surface area contributed by atoms with Crippen molar-refractivity contribution < 1.29 is 19.4 Å². The Labute approximate surface area is 180 Å². The molecule has 0 bridgehead atoms. The summed E-state index contributed by atoms with van der Waals surface area (Å²) in [5, 5.41) is 14.0. The summed E-state index contributed by atoms with van der Waals surface area (Å²) in [6.45, 7) is 1.81. The van der Waals surface area contributed by atoms with Gasteiger partial charge in [0.25, 0.3) is 0 Å². The van der Waals surface area contributed by atoms with Gasteiger partial charge in [0, 0.05) is 34.3 Å². The molecular formula is C24H22ClNO4. The summed E-state index contributed by atoms with van der Waals surface area (Å²) in [7, 11) is 1.32. The fraction of sp³-hybridized carbons (Fsp3) is 0.250. The number of phenols is 1. The zero-order valence-corrected chi connectivity index (χ0v) is 17.5. The van der Waals surface area contributed by atoms with Gasteiger partial charge in [0.15, 0.2) is 5.78 Å². The van der Waals surface area contributed by atoms with E-state index in [0.717, 1.165) is 11.3 Å². The molecule has 5 nitrogen and oxygen atoms in total. The van der Waals surface area contributed by atoms with Crippen molar-refractivity contribution >= 4 is 23.4 Å². The van der Waals surface area contributed by atoms with E-state index in [1.165, 1.54) is 7.11 Å². The summed E-state index contributed by atoms with van der Waals surface area (Å²) in [4.78, 5) is 26.0. The minimum absolute atomic E-state index is 0.0223. The van der Waals surface area contributed by atoms with Crippen molar-refractivity contribution in [2.24, 2.45) is 0 Å². The van der Waals surface area contributed by atoms with Crippen LogP contribution >= 0.6 is 11.6 Å². The van der Waals surface area contributed by atoms with Crippen LogP contribution in [-0.4, -0.2) is 24.0 Å². The number of nitrogens with one attached hydrogen (secondary N) is 1. The van der Waals surface area contributed by atoms with Gasteiger partial charge in [0.05, 0.1) is 12.7 Å². The van der Waals surface area contributed by atoms with Crippen molar-refractivity contribution in [3.8, 4) is 5.75 Å². The number of rotatable bonds is 3. The van der Waals surface area contributed by atoms with Gasteiger partial charge in [0.1, 0.15) is 5.75 Å². The highest BCUT2D eigenvalue weighted by Crippen LogP contribution is 2.46. The first-order chi connectivity index (χ1) is 14.4. The van der Waals surface area contributed by atoms with Crippen molar-refractivity contribution in [1.29, 1.82) is 0 Å². The van der Waals surface area contributed by atoms with Gasteiger partial charge in [-0.3, -0.25) is 4.79 Å². The molecule has 0 fully saturated rings. The molecule has 2 aromatic rings. The Bertz CT molecular complexity index is 1080. The minimum Gasteiger partial charge on any atom is -0.508 e. The van der Waals surface area contributed by atoms with Crippen LogP contribution in [0.5, 0.6) is 5.75 Å². The second-order valence-corrected chi connectivity index (χ2v) is 8.09. The molecule has 1 aliphatic carbocycles. The van der Waals surface area contributed by atoms with Crippen LogP contribution in [-0.2, 0) is 14.3 Å². The van der Waals surface area contributed by atoms with Crippen LogP contribution in [0.25, 0.3) is 0 Å². The smallest absolute Gasteiger partial charge is 0.336 e. The Balaban J connectivity index is 1.80. The van der Waals surface area contributed by atoms with E-state index in [0.29, 0.717) is 40.3 Å². The molecule has 0 aromatic heterocycles. The van der Waals surface area contributed by atoms with Gasteiger partial charge in [-0.05, 0) is 54.7 Å². The molecule has 2 aromatic carbocycles. The maximum Gasteiger partial charge on any atom is 0.336 e. The third kappa shape index (κ3) is 3.61. The first-order valence-electron chi connectivity index (χ1n) is 9.75. The molecule has 0 spiro atoms. The number of allylic oxidation sites excluding steroid dienone is 3. The fourth-order valence-corrected chi connectivity index (χ4v) is 4.55. The summed E-state index contributed by atoms with van der Waals surface area (Å²) in [5.41, 5.74) is 4.15. The lowest BCUT2D eigenvalue weighted by atomic mass is 9.71. The predicted molar refractivity (Wildman–Crippen MR) is 114 cm³/mol. The van der Waals surface area contributed by atoms with E-state index in [1.807, 2.05) is 37.3 Å². The van der Waals surface area contributed by atoms with Crippen molar-refractivity contribution in [1.82, 2.24) is 5.32 Å². The molecule has 6 heteroatoms. The number of dihydropyridines is 1. The zero-order valence-electron chi connectivity index (χ0n) is 16.7. The lowest BCUT2D eigenvalue weighted by molar-refractivity contribution is -0.136. The van der Waals surface area contributed by atoms with E-state index in [1.54, 1.807) is 18.2 Å². The summed E-state index contributed by atoms with van der Waals surface area (Å²) in [6.07, 6.45) is 0.981. The number of ketones is 1. The second kappa shape index (κ2) is 8.00. The minimum atomic E-state index is -0.584. The van der Waals surface area contributed by atoms with Crippen molar-refractivity contribution in [2.45, 2.75) is 31.6 Å². The molecule has 0 saturated heterocycles. The lowest BCUT2D eigenvalue weighted by Gasteiger charge is -2.36. The molecule has 1 heterocycles. The molecule has 2 N–H and O–H groups in total. The summed E-state index contributed by atoms with van der Waals surface area (Å²) in [5.74, 6) is -0.992.